The van der Waals surface area contributed by atoms with Crippen LogP contribution in [0.2, 0.25) is 0 Å². The van der Waals surface area contributed by atoms with Crippen molar-refractivity contribution < 1.29 is 38.9 Å². The molecule has 0 amide bonds. The van der Waals surface area contributed by atoms with E-state index in [1.54, 1.807) is 13.8 Å². The molecule has 2 N–H and O–H groups in total. The Morgan fingerprint density at radius 2 is 1.80 bits per heavy atom. The first-order valence-corrected chi connectivity index (χ1v) is 15.2. The number of Topliss-reactive ketones (excluding diaryl/α,β-unsaturated/α-hetero) is 2. The van der Waals surface area contributed by atoms with E-state index >= 15 is 0 Å². The van der Waals surface area contributed by atoms with Gasteiger partial charge in [0.05, 0.1) is 25.2 Å². The van der Waals surface area contributed by atoms with E-state index in [1.165, 1.54) is 12.7 Å². The molecule has 12 atom stereocenters. The zero-order chi connectivity index (χ0) is 29.1. The van der Waals surface area contributed by atoms with Gasteiger partial charge in [0, 0.05) is 28.9 Å². The molecule has 5 saturated carbocycles. The SMILES string of the molecule is COC(=O)C(C)=C1C(=O)C(O)C2(C)C3=C(CC4C5(OC(=O)C(CO)=C5CC5C(CC(C)=O)C6CC6C54C)C13)C1CC12. The van der Waals surface area contributed by atoms with Gasteiger partial charge in [0.1, 0.15) is 17.5 Å². The van der Waals surface area contributed by atoms with Crippen LogP contribution in [-0.2, 0) is 28.7 Å². The van der Waals surface area contributed by atoms with Crippen LogP contribution in [0.3, 0.4) is 0 Å². The minimum absolute atomic E-state index is 0.136. The van der Waals surface area contributed by atoms with E-state index in [1.807, 2.05) is 6.92 Å². The highest BCUT2D eigenvalue weighted by molar-refractivity contribution is 6.09. The van der Waals surface area contributed by atoms with Crippen LogP contribution < -0.4 is 0 Å². The van der Waals surface area contributed by atoms with Gasteiger partial charge in [0.15, 0.2) is 5.78 Å². The largest absolute Gasteiger partial charge is 0.466 e. The Morgan fingerprint density at radius 3 is 2.46 bits per heavy atom. The molecule has 12 unspecified atom stereocenters. The number of carbonyl (C=O) groups excluding carboxylic acids is 4. The molecule has 0 saturated heterocycles. The van der Waals surface area contributed by atoms with Gasteiger partial charge in [-0.3, -0.25) is 4.79 Å². The molecule has 8 heteroatoms. The molecule has 0 radical (unpaired) electrons. The van der Waals surface area contributed by atoms with Crippen LogP contribution >= 0.6 is 0 Å². The van der Waals surface area contributed by atoms with Crippen molar-refractivity contribution in [3.63, 3.8) is 0 Å². The van der Waals surface area contributed by atoms with Gasteiger partial charge in [0.25, 0.3) is 0 Å². The van der Waals surface area contributed by atoms with Crippen molar-refractivity contribution in [3.8, 4) is 0 Å². The number of carbonyl (C=O) groups is 4. The van der Waals surface area contributed by atoms with Gasteiger partial charge in [-0.25, -0.2) is 9.59 Å². The van der Waals surface area contributed by atoms with Crippen molar-refractivity contribution in [2.75, 3.05) is 13.7 Å². The fourth-order valence-corrected chi connectivity index (χ4v) is 11.9. The van der Waals surface area contributed by atoms with Gasteiger partial charge in [-0.05, 0) is 91.6 Å². The number of rotatable bonds is 4. The van der Waals surface area contributed by atoms with E-state index in [2.05, 4.69) is 6.92 Å². The molecule has 218 valence electrons. The first-order valence-electron chi connectivity index (χ1n) is 15.2. The summed E-state index contributed by atoms with van der Waals surface area (Å²) in [5.41, 5.74) is 1.29. The average molecular weight is 563 g/mol. The van der Waals surface area contributed by atoms with Gasteiger partial charge in [-0.15, -0.1) is 0 Å². The molecule has 1 heterocycles. The number of aliphatic hydroxyl groups excluding tert-OH is 2. The second kappa shape index (κ2) is 7.67. The Labute approximate surface area is 239 Å². The van der Waals surface area contributed by atoms with Crippen molar-refractivity contribution in [3.05, 3.63) is 33.4 Å². The van der Waals surface area contributed by atoms with Crippen LogP contribution in [0.5, 0.6) is 0 Å². The van der Waals surface area contributed by atoms with Gasteiger partial charge in [-0.1, -0.05) is 19.4 Å². The molecular formula is C33H38O8. The van der Waals surface area contributed by atoms with E-state index in [0.29, 0.717) is 31.1 Å². The number of ketones is 2. The smallest absolute Gasteiger partial charge is 0.337 e. The van der Waals surface area contributed by atoms with Crippen molar-refractivity contribution in [1.82, 2.24) is 0 Å². The second-order valence-corrected chi connectivity index (χ2v) is 14.7. The van der Waals surface area contributed by atoms with Crippen molar-refractivity contribution in [2.24, 2.45) is 58.2 Å². The summed E-state index contributed by atoms with van der Waals surface area (Å²) < 4.78 is 11.7. The third-order valence-corrected chi connectivity index (χ3v) is 13.6. The molecule has 8 nitrogen and oxygen atoms in total. The number of allylic oxidation sites excluding steroid dienone is 1. The number of hydrogen-bond acceptors (Lipinski definition) is 8. The summed E-state index contributed by atoms with van der Waals surface area (Å²) in [5, 5.41) is 22.2. The second-order valence-electron chi connectivity index (χ2n) is 14.7. The summed E-state index contributed by atoms with van der Waals surface area (Å²) >= 11 is 0. The van der Waals surface area contributed by atoms with Crippen molar-refractivity contribution >= 4 is 23.5 Å². The van der Waals surface area contributed by atoms with Crippen LogP contribution in [-0.4, -0.2) is 59.1 Å². The molecule has 0 aromatic carbocycles. The van der Waals surface area contributed by atoms with E-state index < -0.39 is 47.4 Å². The van der Waals surface area contributed by atoms with E-state index in [9.17, 15) is 29.4 Å². The lowest BCUT2D eigenvalue weighted by Gasteiger charge is -2.63. The highest BCUT2D eigenvalue weighted by Crippen LogP contribution is 2.82. The molecule has 0 aromatic heterocycles. The molecule has 5 fully saturated rings. The third-order valence-electron chi connectivity index (χ3n) is 13.6. The molecular weight excluding hydrogens is 524 g/mol. The summed E-state index contributed by atoms with van der Waals surface area (Å²) in [5.74, 6) is -0.799. The van der Waals surface area contributed by atoms with Crippen LogP contribution in [0.25, 0.3) is 0 Å². The van der Waals surface area contributed by atoms with Crippen molar-refractivity contribution in [1.29, 1.82) is 0 Å². The third kappa shape index (κ3) is 2.68. The zero-order valence-corrected chi connectivity index (χ0v) is 24.3. The topological polar surface area (TPSA) is 127 Å². The molecule has 1 aliphatic heterocycles. The molecule has 1 spiro atoms. The Hall–Kier alpha value is -2.58. The number of fused-ring (bicyclic) bond motifs is 7. The lowest BCUT2D eigenvalue weighted by atomic mass is 9.42. The zero-order valence-electron chi connectivity index (χ0n) is 24.3. The minimum atomic E-state index is -1.29. The summed E-state index contributed by atoms with van der Waals surface area (Å²) in [6.07, 6.45) is 2.40. The highest BCUT2D eigenvalue weighted by Gasteiger charge is 2.81. The number of esters is 2. The Bertz CT molecular complexity index is 1480. The van der Waals surface area contributed by atoms with Gasteiger partial charge < -0.3 is 24.5 Å². The molecule has 41 heavy (non-hydrogen) atoms. The Morgan fingerprint density at radius 1 is 1.07 bits per heavy atom. The maximum absolute atomic E-state index is 14.3. The lowest BCUT2D eigenvalue weighted by molar-refractivity contribution is -0.178. The average Bonchev–Trinajstić information content (AvgIpc) is 3.83. The standard InChI is InChI=1S/C33H38O8/c1-12(35)6-14-15-7-19(15)31(3)21(14)10-22-18(11-34)30(39)41-33(22)23(31)9-17-16-8-20(16)32(4)25(17)26(33)24(27(36)28(32)37)13(2)29(38)40-5/h14-16,19-21,23,26,28,34,37H,6-11H2,1-5H3. The van der Waals surface area contributed by atoms with Gasteiger partial charge >= 0.3 is 11.9 Å². The maximum Gasteiger partial charge on any atom is 0.337 e. The Kier molecular flexibility index (Phi) is 4.88. The molecule has 8 rings (SSSR count). The fourth-order valence-electron chi connectivity index (χ4n) is 11.9. The number of aliphatic hydroxyl groups is 2. The number of hydrogen-bond donors (Lipinski definition) is 2. The van der Waals surface area contributed by atoms with Crippen molar-refractivity contribution in [2.45, 2.75) is 71.5 Å². The van der Waals surface area contributed by atoms with Crippen LogP contribution in [0.1, 0.15) is 59.8 Å². The normalized spacial score (nSPS) is 50.8. The lowest BCUT2D eigenvalue weighted by Crippen LogP contribution is -2.66. The predicted octanol–water partition coefficient (Wildman–Crippen LogP) is 2.86. The fraction of sp³-hybridized carbons (Fsp3) is 0.697. The monoisotopic (exact) mass is 562 g/mol. The van der Waals surface area contributed by atoms with E-state index in [0.717, 1.165) is 24.0 Å². The molecule has 8 aliphatic rings. The quantitative estimate of drug-likeness (QED) is 0.304. The number of methoxy groups -OCH3 is 1. The molecule has 0 aromatic rings. The summed E-state index contributed by atoms with van der Waals surface area (Å²) in [6, 6.07) is 0. The van der Waals surface area contributed by atoms with E-state index in [4.69, 9.17) is 9.47 Å². The highest BCUT2D eigenvalue weighted by atomic mass is 16.6. The summed E-state index contributed by atoms with van der Waals surface area (Å²) in [6.45, 7) is 7.05. The first kappa shape index (κ1) is 26.1. The number of ether oxygens (including phenoxy) is 2. The minimum Gasteiger partial charge on any atom is -0.466 e. The van der Waals surface area contributed by atoms with Crippen LogP contribution in [0, 0.1) is 58.2 Å². The molecule has 0 bridgehead atoms. The van der Waals surface area contributed by atoms with Crippen LogP contribution in [0.15, 0.2) is 33.4 Å². The van der Waals surface area contributed by atoms with Gasteiger partial charge in [0.2, 0.25) is 0 Å². The van der Waals surface area contributed by atoms with Gasteiger partial charge in [-0.2, -0.15) is 0 Å². The van der Waals surface area contributed by atoms with E-state index in [-0.39, 0.29) is 57.5 Å². The predicted molar refractivity (Wildman–Crippen MR) is 144 cm³/mol. The van der Waals surface area contributed by atoms with Crippen LogP contribution in [0.4, 0.5) is 0 Å². The summed E-state index contributed by atoms with van der Waals surface area (Å²) in [7, 11) is 1.27. The Balaban J connectivity index is 1.43. The molecule has 7 aliphatic carbocycles. The maximum atomic E-state index is 14.3. The summed E-state index contributed by atoms with van der Waals surface area (Å²) in [4.78, 5) is 53.4. The first-order chi connectivity index (χ1) is 19.4.